The fraction of sp³-hybridized carbons (Fsp3) is 0.417. The third-order valence-corrected chi connectivity index (χ3v) is 2.85. The largest absolute Gasteiger partial charge is 0.481 e. The van der Waals surface area contributed by atoms with Gasteiger partial charge in [0.25, 0.3) is 0 Å². The molecule has 2 N–H and O–H groups in total. The topological polar surface area (TPSA) is 49.3 Å². The monoisotopic (exact) mass is 205 g/mol. The van der Waals surface area contributed by atoms with Gasteiger partial charge in [0.2, 0.25) is 0 Å². The predicted molar refractivity (Wildman–Crippen MR) is 59.1 cm³/mol. The molecule has 15 heavy (non-hydrogen) atoms. The summed E-state index contributed by atoms with van der Waals surface area (Å²) < 4.78 is 0. The number of anilines is 1. The van der Waals surface area contributed by atoms with Crippen LogP contribution in [0.4, 0.5) is 5.69 Å². The van der Waals surface area contributed by atoms with Crippen LogP contribution in [0.1, 0.15) is 18.1 Å². The van der Waals surface area contributed by atoms with Crippen molar-refractivity contribution < 1.29 is 9.90 Å². The summed E-state index contributed by atoms with van der Waals surface area (Å²) in [7, 11) is 0. The highest BCUT2D eigenvalue weighted by Gasteiger charge is 2.14. The molecule has 1 aromatic carbocycles. The van der Waals surface area contributed by atoms with E-state index in [-0.39, 0.29) is 5.92 Å². The Hall–Kier alpha value is -1.51. The first-order valence-corrected chi connectivity index (χ1v) is 5.25. The molecule has 1 aliphatic heterocycles. The molecule has 3 nitrogen and oxygen atoms in total. The third kappa shape index (κ3) is 2.12. The second kappa shape index (κ2) is 3.93. The molecule has 0 fully saturated rings. The second-order valence-corrected chi connectivity index (χ2v) is 4.11. The number of fused-ring (bicyclic) bond motifs is 1. The lowest BCUT2D eigenvalue weighted by atomic mass is 9.99. The molecule has 2 rings (SSSR count). The van der Waals surface area contributed by atoms with Gasteiger partial charge in [0, 0.05) is 12.2 Å². The Morgan fingerprint density at radius 2 is 2.40 bits per heavy atom. The van der Waals surface area contributed by atoms with E-state index in [1.807, 2.05) is 6.07 Å². The highest BCUT2D eigenvalue weighted by atomic mass is 16.4. The van der Waals surface area contributed by atoms with Crippen LogP contribution in [-0.2, 0) is 17.6 Å². The zero-order valence-corrected chi connectivity index (χ0v) is 8.79. The molecule has 0 aliphatic carbocycles. The van der Waals surface area contributed by atoms with Gasteiger partial charge in [0.1, 0.15) is 0 Å². The van der Waals surface area contributed by atoms with Crippen molar-refractivity contribution in [2.45, 2.75) is 19.8 Å². The van der Waals surface area contributed by atoms with Gasteiger partial charge in [-0.1, -0.05) is 19.1 Å². The SMILES string of the molecule is CC(Cc1ccc2c(c1)NCC2)C(=O)O. The first kappa shape index (κ1) is 10.0. The van der Waals surface area contributed by atoms with Crippen LogP contribution in [0.2, 0.25) is 0 Å². The van der Waals surface area contributed by atoms with E-state index < -0.39 is 5.97 Å². The van der Waals surface area contributed by atoms with E-state index in [0.29, 0.717) is 6.42 Å². The van der Waals surface area contributed by atoms with Crippen LogP contribution < -0.4 is 5.32 Å². The highest BCUT2D eigenvalue weighted by Crippen LogP contribution is 2.24. The number of benzene rings is 1. The lowest BCUT2D eigenvalue weighted by Crippen LogP contribution is -2.12. The number of rotatable bonds is 3. The molecule has 0 radical (unpaired) electrons. The van der Waals surface area contributed by atoms with Crippen molar-refractivity contribution in [3.8, 4) is 0 Å². The minimum Gasteiger partial charge on any atom is -0.481 e. The number of carbonyl (C=O) groups is 1. The second-order valence-electron chi connectivity index (χ2n) is 4.11. The highest BCUT2D eigenvalue weighted by molar-refractivity contribution is 5.70. The summed E-state index contributed by atoms with van der Waals surface area (Å²) in [6, 6.07) is 6.20. The molecule has 1 heterocycles. The van der Waals surface area contributed by atoms with Crippen molar-refractivity contribution in [1.29, 1.82) is 0 Å². The van der Waals surface area contributed by atoms with Crippen molar-refractivity contribution in [1.82, 2.24) is 0 Å². The summed E-state index contributed by atoms with van der Waals surface area (Å²) in [6.45, 7) is 2.73. The maximum atomic E-state index is 10.7. The zero-order chi connectivity index (χ0) is 10.8. The lowest BCUT2D eigenvalue weighted by Gasteiger charge is -2.08. The normalized spacial score (nSPS) is 15.5. The molecule has 0 saturated heterocycles. The summed E-state index contributed by atoms with van der Waals surface area (Å²) in [5.41, 5.74) is 3.60. The molecule has 0 saturated carbocycles. The van der Waals surface area contributed by atoms with Crippen molar-refractivity contribution in [3.05, 3.63) is 29.3 Å². The van der Waals surface area contributed by atoms with E-state index in [1.165, 1.54) is 11.3 Å². The fourth-order valence-electron chi connectivity index (χ4n) is 1.91. The molecule has 1 unspecified atom stereocenters. The summed E-state index contributed by atoms with van der Waals surface area (Å²) in [5.74, 6) is -1.05. The van der Waals surface area contributed by atoms with Gasteiger partial charge >= 0.3 is 5.97 Å². The Labute approximate surface area is 89.1 Å². The van der Waals surface area contributed by atoms with Gasteiger partial charge in [-0.25, -0.2) is 0 Å². The third-order valence-electron chi connectivity index (χ3n) is 2.85. The Balaban J connectivity index is 2.13. The van der Waals surface area contributed by atoms with Crippen LogP contribution in [0, 0.1) is 5.92 Å². The molecule has 80 valence electrons. The smallest absolute Gasteiger partial charge is 0.306 e. The standard InChI is InChI=1S/C12H15NO2/c1-8(12(14)15)6-9-2-3-10-4-5-13-11(10)7-9/h2-3,7-8,13H,4-6H2,1H3,(H,14,15). The quantitative estimate of drug-likeness (QED) is 0.792. The van der Waals surface area contributed by atoms with Gasteiger partial charge in [-0.15, -0.1) is 0 Å². The minimum atomic E-state index is -0.733. The number of hydrogen-bond acceptors (Lipinski definition) is 2. The molecule has 0 aromatic heterocycles. The molecular formula is C12H15NO2. The maximum Gasteiger partial charge on any atom is 0.306 e. The molecule has 1 atom stereocenters. The van der Waals surface area contributed by atoms with E-state index in [2.05, 4.69) is 17.4 Å². The van der Waals surface area contributed by atoms with Crippen LogP contribution in [-0.4, -0.2) is 17.6 Å². The zero-order valence-electron chi connectivity index (χ0n) is 8.79. The predicted octanol–water partition coefficient (Wildman–Crippen LogP) is 1.92. The van der Waals surface area contributed by atoms with Gasteiger partial charge in [-0.05, 0) is 30.0 Å². The van der Waals surface area contributed by atoms with Crippen LogP contribution in [0.3, 0.4) is 0 Å². The Morgan fingerprint density at radius 1 is 1.60 bits per heavy atom. The average Bonchev–Trinajstić information content (AvgIpc) is 2.64. The van der Waals surface area contributed by atoms with Crippen molar-refractivity contribution in [3.63, 3.8) is 0 Å². The number of aliphatic carboxylic acids is 1. The summed E-state index contributed by atoms with van der Waals surface area (Å²) in [4.78, 5) is 10.7. The lowest BCUT2D eigenvalue weighted by molar-refractivity contribution is -0.141. The number of carboxylic acid groups (broad SMARTS) is 1. The van der Waals surface area contributed by atoms with E-state index in [1.54, 1.807) is 6.92 Å². The van der Waals surface area contributed by atoms with E-state index >= 15 is 0 Å². The number of carboxylic acids is 1. The van der Waals surface area contributed by atoms with E-state index in [9.17, 15) is 4.79 Å². The number of nitrogens with one attached hydrogen (secondary N) is 1. The number of hydrogen-bond donors (Lipinski definition) is 2. The summed E-state index contributed by atoms with van der Waals surface area (Å²) in [6.07, 6.45) is 1.67. The van der Waals surface area contributed by atoms with Crippen LogP contribution in [0.5, 0.6) is 0 Å². The molecule has 1 aromatic rings. The van der Waals surface area contributed by atoms with Gasteiger partial charge in [-0.3, -0.25) is 4.79 Å². The summed E-state index contributed by atoms with van der Waals surface area (Å²) in [5, 5.41) is 12.1. The van der Waals surface area contributed by atoms with Gasteiger partial charge in [0.05, 0.1) is 5.92 Å². The molecule has 0 spiro atoms. The molecule has 0 bridgehead atoms. The fourth-order valence-corrected chi connectivity index (χ4v) is 1.91. The maximum absolute atomic E-state index is 10.7. The van der Waals surface area contributed by atoms with Gasteiger partial charge in [0.15, 0.2) is 0 Å². The Morgan fingerprint density at radius 3 is 3.13 bits per heavy atom. The van der Waals surface area contributed by atoms with Crippen LogP contribution >= 0.6 is 0 Å². The summed E-state index contributed by atoms with van der Waals surface area (Å²) >= 11 is 0. The average molecular weight is 205 g/mol. The van der Waals surface area contributed by atoms with Crippen molar-refractivity contribution in [2.24, 2.45) is 5.92 Å². The first-order valence-electron chi connectivity index (χ1n) is 5.25. The van der Waals surface area contributed by atoms with Gasteiger partial charge in [-0.2, -0.15) is 0 Å². The van der Waals surface area contributed by atoms with Crippen LogP contribution in [0.15, 0.2) is 18.2 Å². The molecular weight excluding hydrogens is 190 g/mol. The van der Waals surface area contributed by atoms with Crippen molar-refractivity contribution in [2.75, 3.05) is 11.9 Å². The molecule has 3 heteroatoms. The Kier molecular flexibility index (Phi) is 2.62. The van der Waals surface area contributed by atoms with E-state index in [0.717, 1.165) is 18.5 Å². The van der Waals surface area contributed by atoms with Crippen LogP contribution in [0.25, 0.3) is 0 Å². The molecule has 1 aliphatic rings. The molecule has 0 amide bonds. The van der Waals surface area contributed by atoms with Gasteiger partial charge < -0.3 is 10.4 Å². The minimum absolute atomic E-state index is 0.315. The van der Waals surface area contributed by atoms with E-state index in [4.69, 9.17) is 5.11 Å². The van der Waals surface area contributed by atoms with Crippen molar-refractivity contribution >= 4 is 11.7 Å². The first-order chi connectivity index (χ1) is 7.16. The Bertz CT molecular complexity index is 387.